The van der Waals surface area contributed by atoms with E-state index in [0.29, 0.717) is 18.7 Å². The van der Waals surface area contributed by atoms with Crippen molar-refractivity contribution in [2.75, 3.05) is 20.8 Å². The van der Waals surface area contributed by atoms with Crippen molar-refractivity contribution < 1.29 is 19.1 Å². The second kappa shape index (κ2) is 8.33. The third-order valence-electron chi connectivity index (χ3n) is 5.02. The average molecular weight is 386 g/mol. The molecule has 0 saturated heterocycles. The van der Waals surface area contributed by atoms with Gasteiger partial charge in [-0.3, -0.25) is 0 Å². The van der Waals surface area contributed by atoms with Gasteiger partial charge in [0, 0.05) is 24.2 Å². The van der Waals surface area contributed by atoms with E-state index in [1.165, 1.54) is 7.11 Å². The number of nitrogens with zero attached hydrogens (tertiary/aromatic N) is 2. The number of hydrogen-bond donors (Lipinski definition) is 2. The normalized spacial score (nSPS) is 17.0. The Kier molecular flexibility index (Phi) is 5.87. The van der Waals surface area contributed by atoms with Crippen LogP contribution in [0.5, 0.6) is 5.75 Å². The fourth-order valence-electron chi connectivity index (χ4n) is 3.54. The van der Waals surface area contributed by atoms with E-state index in [-0.39, 0.29) is 11.9 Å². The number of ether oxygens (including phenoxy) is 2. The van der Waals surface area contributed by atoms with Gasteiger partial charge in [-0.05, 0) is 12.0 Å². The summed E-state index contributed by atoms with van der Waals surface area (Å²) < 4.78 is 10.4. The first-order chi connectivity index (χ1) is 13.5. The van der Waals surface area contributed by atoms with Gasteiger partial charge < -0.3 is 24.7 Å². The lowest BCUT2D eigenvalue weighted by Crippen LogP contribution is -2.53. The maximum atomic E-state index is 13.2. The minimum Gasteiger partial charge on any atom is -0.496 e. The van der Waals surface area contributed by atoms with Gasteiger partial charge in [0.05, 0.1) is 26.2 Å². The molecule has 2 aromatic rings. The Morgan fingerprint density at radius 1 is 1.29 bits per heavy atom. The standard InChI is InChI=1S/C20H26N4O4/c1-12(2)16(19(25)28-4)23-20(26)24-10-9-14-17(22-11-21-14)18(24)13-7-5-6-8-15(13)27-3/h5-8,11-12,16,18H,9-10H2,1-4H3,(H,21,22)(H,23,26)/t16-,18?/m0/s1. The zero-order valence-corrected chi connectivity index (χ0v) is 16.6. The molecule has 8 nitrogen and oxygen atoms in total. The number of esters is 1. The Morgan fingerprint density at radius 3 is 2.71 bits per heavy atom. The highest BCUT2D eigenvalue weighted by atomic mass is 16.5. The number of fused-ring (bicyclic) bond motifs is 1. The fraction of sp³-hybridized carbons (Fsp3) is 0.450. The maximum absolute atomic E-state index is 13.2. The first-order valence-corrected chi connectivity index (χ1v) is 9.28. The van der Waals surface area contributed by atoms with Crippen molar-refractivity contribution in [2.45, 2.75) is 32.4 Å². The lowest BCUT2D eigenvalue weighted by Gasteiger charge is -2.36. The summed E-state index contributed by atoms with van der Waals surface area (Å²) in [7, 11) is 2.92. The molecule has 2 atom stereocenters. The van der Waals surface area contributed by atoms with Crippen molar-refractivity contribution in [1.82, 2.24) is 20.2 Å². The van der Waals surface area contributed by atoms with Gasteiger partial charge in [0.25, 0.3) is 0 Å². The van der Waals surface area contributed by atoms with Crippen molar-refractivity contribution in [3.63, 3.8) is 0 Å². The molecule has 2 amide bonds. The van der Waals surface area contributed by atoms with Gasteiger partial charge in [0.15, 0.2) is 0 Å². The van der Waals surface area contributed by atoms with E-state index in [4.69, 9.17) is 9.47 Å². The van der Waals surface area contributed by atoms with Crippen LogP contribution in [0, 0.1) is 5.92 Å². The fourth-order valence-corrected chi connectivity index (χ4v) is 3.54. The second-order valence-corrected chi connectivity index (χ2v) is 7.05. The van der Waals surface area contributed by atoms with Gasteiger partial charge in [-0.1, -0.05) is 32.0 Å². The van der Waals surface area contributed by atoms with Crippen LogP contribution in [0.3, 0.4) is 0 Å². The van der Waals surface area contributed by atoms with Crippen molar-refractivity contribution in [3.05, 3.63) is 47.5 Å². The molecule has 0 fully saturated rings. The van der Waals surface area contributed by atoms with Gasteiger partial charge in [-0.15, -0.1) is 0 Å². The monoisotopic (exact) mass is 386 g/mol. The second-order valence-electron chi connectivity index (χ2n) is 7.05. The molecule has 1 aromatic heterocycles. The van der Waals surface area contributed by atoms with Gasteiger partial charge >= 0.3 is 12.0 Å². The highest BCUT2D eigenvalue weighted by Gasteiger charge is 2.37. The molecule has 3 rings (SSSR count). The number of rotatable bonds is 5. The number of hydrogen-bond acceptors (Lipinski definition) is 5. The zero-order chi connectivity index (χ0) is 20.3. The van der Waals surface area contributed by atoms with E-state index in [9.17, 15) is 9.59 Å². The first kappa shape index (κ1) is 19.7. The lowest BCUT2D eigenvalue weighted by atomic mass is 9.95. The van der Waals surface area contributed by atoms with E-state index in [1.54, 1.807) is 18.3 Å². The predicted octanol–water partition coefficient (Wildman–Crippen LogP) is 2.27. The molecule has 0 saturated carbocycles. The van der Waals surface area contributed by atoms with Crippen LogP contribution in [-0.2, 0) is 16.0 Å². The van der Waals surface area contributed by atoms with E-state index in [0.717, 1.165) is 17.0 Å². The van der Waals surface area contributed by atoms with E-state index < -0.39 is 18.1 Å². The van der Waals surface area contributed by atoms with Crippen LogP contribution in [-0.4, -0.2) is 53.7 Å². The predicted molar refractivity (Wildman–Crippen MR) is 103 cm³/mol. The van der Waals surface area contributed by atoms with E-state index in [2.05, 4.69) is 15.3 Å². The molecule has 1 aromatic carbocycles. The Bertz CT molecular complexity index is 848. The molecule has 1 aliphatic rings. The van der Waals surface area contributed by atoms with Crippen LogP contribution in [0.2, 0.25) is 0 Å². The molecular weight excluding hydrogens is 360 g/mol. The molecule has 150 valence electrons. The van der Waals surface area contributed by atoms with Crippen LogP contribution >= 0.6 is 0 Å². The minimum absolute atomic E-state index is 0.105. The number of benzene rings is 1. The quantitative estimate of drug-likeness (QED) is 0.769. The summed E-state index contributed by atoms with van der Waals surface area (Å²) in [6.45, 7) is 4.21. The highest BCUT2D eigenvalue weighted by molar-refractivity contribution is 5.84. The number of aromatic nitrogens is 2. The molecule has 0 radical (unpaired) electrons. The number of carbonyl (C=O) groups is 2. The first-order valence-electron chi connectivity index (χ1n) is 9.28. The molecular formula is C20H26N4O4. The number of carbonyl (C=O) groups excluding carboxylic acids is 2. The number of H-pyrrole nitrogens is 1. The smallest absolute Gasteiger partial charge is 0.328 e. The van der Waals surface area contributed by atoms with Gasteiger partial charge in [-0.2, -0.15) is 0 Å². The summed E-state index contributed by atoms with van der Waals surface area (Å²) in [6.07, 6.45) is 2.29. The van der Waals surface area contributed by atoms with Crippen LogP contribution in [0.25, 0.3) is 0 Å². The van der Waals surface area contributed by atoms with Crippen LogP contribution < -0.4 is 10.1 Å². The van der Waals surface area contributed by atoms with E-state index >= 15 is 0 Å². The third-order valence-corrected chi connectivity index (χ3v) is 5.02. The molecule has 28 heavy (non-hydrogen) atoms. The number of urea groups is 1. The van der Waals surface area contributed by atoms with Gasteiger partial charge in [0.2, 0.25) is 0 Å². The maximum Gasteiger partial charge on any atom is 0.328 e. The summed E-state index contributed by atoms with van der Waals surface area (Å²) >= 11 is 0. The number of amides is 2. The highest BCUT2D eigenvalue weighted by Crippen LogP contribution is 2.37. The summed E-state index contributed by atoms with van der Waals surface area (Å²) in [5.74, 6) is 0.107. The largest absolute Gasteiger partial charge is 0.496 e. The SMILES string of the molecule is COC(=O)[C@@H](NC(=O)N1CCc2[nH]cnc2C1c1ccccc1OC)C(C)C. The van der Waals surface area contributed by atoms with Crippen molar-refractivity contribution in [2.24, 2.45) is 5.92 Å². The number of imidazole rings is 1. The number of nitrogens with one attached hydrogen (secondary N) is 2. The number of para-hydroxylation sites is 1. The van der Waals surface area contributed by atoms with Crippen molar-refractivity contribution in [1.29, 1.82) is 0 Å². The Balaban J connectivity index is 1.97. The molecule has 1 aliphatic heterocycles. The van der Waals surface area contributed by atoms with Crippen LogP contribution in [0.4, 0.5) is 4.79 Å². The minimum atomic E-state index is -0.726. The molecule has 0 aliphatic carbocycles. The van der Waals surface area contributed by atoms with Crippen molar-refractivity contribution in [3.8, 4) is 5.75 Å². The Hall–Kier alpha value is -3.03. The average Bonchev–Trinajstić information content (AvgIpc) is 3.19. The van der Waals surface area contributed by atoms with Crippen LogP contribution in [0.15, 0.2) is 30.6 Å². The molecule has 1 unspecified atom stereocenters. The molecule has 0 spiro atoms. The summed E-state index contributed by atoms with van der Waals surface area (Å²) in [6, 6.07) is 6.08. The molecule has 2 N–H and O–H groups in total. The summed E-state index contributed by atoms with van der Waals surface area (Å²) in [5, 5.41) is 2.83. The zero-order valence-electron chi connectivity index (χ0n) is 16.6. The molecule has 0 bridgehead atoms. The molecule has 8 heteroatoms. The topological polar surface area (TPSA) is 96.6 Å². The Morgan fingerprint density at radius 2 is 2.04 bits per heavy atom. The number of aromatic amines is 1. The molecule has 2 heterocycles. The summed E-state index contributed by atoms with van der Waals surface area (Å²) in [4.78, 5) is 34.6. The number of methoxy groups -OCH3 is 2. The van der Waals surface area contributed by atoms with Crippen LogP contribution in [0.1, 0.15) is 36.8 Å². The Labute approximate surface area is 164 Å². The lowest BCUT2D eigenvalue weighted by molar-refractivity contribution is -0.144. The van der Waals surface area contributed by atoms with E-state index in [1.807, 2.05) is 38.1 Å². The van der Waals surface area contributed by atoms with Gasteiger partial charge in [0.1, 0.15) is 17.8 Å². The van der Waals surface area contributed by atoms with Crippen molar-refractivity contribution >= 4 is 12.0 Å². The van der Waals surface area contributed by atoms with Gasteiger partial charge in [-0.25, -0.2) is 14.6 Å². The third kappa shape index (κ3) is 3.67. The summed E-state index contributed by atoms with van der Waals surface area (Å²) in [5.41, 5.74) is 2.62.